The summed E-state index contributed by atoms with van der Waals surface area (Å²) >= 11 is 0. The topological polar surface area (TPSA) is 38.3 Å². The third-order valence-electron chi connectivity index (χ3n) is 2.30. The van der Waals surface area contributed by atoms with Crippen molar-refractivity contribution in [2.24, 2.45) is 0 Å². The summed E-state index contributed by atoms with van der Waals surface area (Å²) in [5.74, 6) is -0.453. The van der Waals surface area contributed by atoms with Crippen LogP contribution < -0.4 is 5.32 Å². The molecule has 4 heteroatoms. The molecule has 94 valence electrons. The van der Waals surface area contributed by atoms with Crippen LogP contribution >= 0.6 is 0 Å². The second kappa shape index (κ2) is 6.35. The maximum absolute atomic E-state index is 12.7. The SMILES string of the molecule is CC(C)OCC(=O)N[C@@H](C)c1ccc(F)cc1. The molecule has 1 atom stereocenters. The molecule has 0 heterocycles. The molecule has 0 fully saturated rings. The van der Waals surface area contributed by atoms with Gasteiger partial charge in [0.1, 0.15) is 12.4 Å². The van der Waals surface area contributed by atoms with Gasteiger partial charge in [0.2, 0.25) is 5.91 Å². The van der Waals surface area contributed by atoms with Gasteiger partial charge in [-0.25, -0.2) is 4.39 Å². The number of rotatable bonds is 5. The second-order valence-corrected chi connectivity index (χ2v) is 4.20. The summed E-state index contributed by atoms with van der Waals surface area (Å²) in [5, 5.41) is 2.78. The smallest absolute Gasteiger partial charge is 0.246 e. The zero-order chi connectivity index (χ0) is 12.8. The first-order chi connectivity index (χ1) is 7.99. The van der Waals surface area contributed by atoms with Crippen LogP contribution in [0.25, 0.3) is 0 Å². The Morgan fingerprint density at radius 1 is 1.29 bits per heavy atom. The highest BCUT2D eigenvalue weighted by Gasteiger charge is 2.10. The second-order valence-electron chi connectivity index (χ2n) is 4.20. The highest BCUT2D eigenvalue weighted by molar-refractivity contribution is 5.77. The van der Waals surface area contributed by atoms with Crippen LogP contribution in [0.1, 0.15) is 32.4 Å². The number of nitrogens with one attached hydrogen (secondary N) is 1. The molecule has 3 nitrogen and oxygen atoms in total. The van der Waals surface area contributed by atoms with Gasteiger partial charge in [-0.1, -0.05) is 12.1 Å². The van der Waals surface area contributed by atoms with Crippen molar-refractivity contribution in [1.29, 1.82) is 0 Å². The van der Waals surface area contributed by atoms with Crippen molar-refractivity contribution < 1.29 is 13.9 Å². The van der Waals surface area contributed by atoms with Gasteiger partial charge in [0, 0.05) is 0 Å². The van der Waals surface area contributed by atoms with Crippen molar-refractivity contribution in [2.75, 3.05) is 6.61 Å². The van der Waals surface area contributed by atoms with Crippen LogP contribution in [-0.4, -0.2) is 18.6 Å². The van der Waals surface area contributed by atoms with Crippen LogP contribution in [0.3, 0.4) is 0 Å². The molecule has 0 aromatic heterocycles. The first-order valence-corrected chi connectivity index (χ1v) is 5.65. The van der Waals surface area contributed by atoms with Gasteiger partial charge in [-0.15, -0.1) is 0 Å². The van der Waals surface area contributed by atoms with Gasteiger partial charge in [-0.05, 0) is 38.5 Å². The minimum atomic E-state index is -0.282. The van der Waals surface area contributed by atoms with Crippen LogP contribution in [-0.2, 0) is 9.53 Å². The molecule has 1 aromatic rings. The van der Waals surface area contributed by atoms with E-state index in [0.717, 1.165) is 5.56 Å². The highest BCUT2D eigenvalue weighted by atomic mass is 19.1. The summed E-state index contributed by atoms with van der Waals surface area (Å²) in [4.78, 5) is 11.5. The Balaban J connectivity index is 2.46. The summed E-state index contributed by atoms with van der Waals surface area (Å²) in [7, 11) is 0. The van der Waals surface area contributed by atoms with E-state index >= 15 is 0 Å². The molecule has 17 heavy (non-hydrogen) atoms. The molecule has 1 N–H and O–H groups in total. The maximum Gasteiger partial charge on any atom is 0.246 e. The van der Waals surface area contributed by atoms with Crippen molar-refractivity contribution in [3.05, 3.63) is 35.6 Å². The number of ether oxygens (including phenoxy) is 1. The van der Waals surface area contributed by atoms with E-state index in [4.69, 9.17) is 4.74 Å². The van der Waals surface area contributed by atoms with Crippen LogP contribution in [0, 0.1) is 5.82 Å². The van der Waals surface area contributed by atoms with Crippen molar-refractivity contribution >= 4 is 5.91 Å². The predicted molar refractivity (Wildman–Crippen MR) is 64.0 cm³/mol. The fourth-order valence-electron chi connectivity index (χ4n) is 1.36. The van der Waals surface area contributed by atoms with Crippen molar-refractivity contribution in [3.8, 4) is 0 Å². The number of hydrogen-bond acceptors (Lipinski definition) is 2. The van der Waals surface area contributed by atoms with Crippen molar-refractivity contribution in [1.82, 2.24) is 5.32 Å². The van der Waals surface area contributed by atoms with E-state index in [9.17, 15) is 9.18 Å². The standard InChI is InChI=1S/C13H18FNO2/c1-9(2)17-8-13(16)15-10(3)11-4-6-12(14)7-5-11/h4-7,9-10H,8H2,1-3H3,(H,15,16)/t10-/m0/s1. The van der Waals surface area contributed by atoms with Gasteiger partial charge in [0.15, 0.2) is 0 Å². The average Bonchev–Trinajstić information content (AvgIpc) is 2.27. The zero-order valence-corrected chi connectivity index (χ0v) is 10.4. The Hall–Kier alpha value is -1.42. The third-order valence-corrected chi connectivity index (χ3v) is 2.30. The zero-order valence-electron chi connectivity index (χ0n) is 10.4. The number of carbonyl (C=O) groups is 1. The van der Waals surface area contributed by atoms with Gasteiger partial charge < -0.3 is 10.1 Å². The molecule has 1 aromatic carbocycles. The van der Waals surface area contributed by atoms with E-state index in [2.05, 4.69) is 5.32 Å². The number of benzene rings is 1. The lowest BCUT2D eigenvalue weighted by Crippen LogP contribution is -2.31. The molecule has 0 bridgehead atoms. The lowest BCUT2D eigenvalue weighted by molar-refractivity contribution is -0.127. The first-order valence-electron chi connectivity index (χ1n) is 5.65. The summed E-state index contributed by atoms with van der Waals surface area (Å²) in [6, 6.07) is 5.91. The molecule has 0 saturated carbocycles. The summed E-state index contributed by atoms with van der Waals surface area (Å²) in [6.07, 6.45) is 0.0295. The summed E-state index contributed by atoms with van der Waals surface area (Å²) < 4.78 is 17.9. The average molecular weight is 239 g/mol. The minimum Gasteiger partial charge on any atom is -0.369 e. The molecule has 0 unspecified atom stereocenters. The fraction of sp³-hybridized carbons (Fsp3) is 0.462. The molecule has 1 amide bonds. The Morgan fingerprint density at radius 3 is 2.41 bits per heavy atom. The van der Waals surface area contributed by atoms with E-state index in [1.807, 2.05) is 20.8 Å². The van der Waals surface area contributed by atoms with Gasteiger partial charge >= 0.3 is 0 Å². The van der Waals surface area contributed by atoms with Crippen molar-refractivity contribution in [2.45, 2.75) is 32.9 Å². The number of amides is 1. The van der Waals surface area contributed by atoms with E-state index < -0.39 is 0 Å². The maximum atomic E-state index is 12.7. The Kier molecular flexibility index (Phi) is 5.10. The minimum absolute atomic E-state index is 0.0295. The van der Waals surface area contributed by atoms with E-state index in [0.29, 0.717) is 0 Å². The normalized spacial score (nSPS) is 12.5. The first kappa shape index (κ1) is 13.6. The quantitative estimate of drug-likeness (QED) is 0.857. The van der Waals surface area contributed by atoms with Crippen LogP contribution in [0.15, 0.2) is 24.3 Å². The highest BCUT2D eigenvalue weighted by Crippen LogP contribution is 2.12. The molecule has 0 aliphatic heterocycles. The molecule has 0 aliphatic carbocycles. The Bertz CT molecular complexity index is 362. The molecule has 1 rings (SSSR count). The van der Waals surface area contributed by atoms with Crippen molar-refractivity contribution in [3.63, 3.8) is 0 Å². The Labute approximate surface area is 101 Å². The van der Waals surface area contributed by atoms with E-state index in [1.54, 1.807) is 12.1 Å². The fourth-order valence-corrected chi connectivity index (χ4v) is 1.36. The molecule has 0 spiro atoms. The Morgan fingerprint density at radius 2 is 1.88 bits per heavy atom. The lowest BCUT2D eigenvalue weighted by atomic mass is 10.1. The van der Waals surface area contributed by atoms with Crippen LogP contribution in [0.5, 0.6) is 0 Å². The summed E-state index contributed by atoms with van der Waals surface area (Å²) in [6.45, 7) is 5.64. The molecule has 0 radical (unpaired) electrons. The van der Waals surface area contributed by atoms with E-state index in [1.165, 1.54) is 12.1 Å². The number of halogens is 1. The predicted octanol–water partition coefficient (Wildman–Crippen LogP) is 2.43. The third kappa shape index (κ3) is 4.95. The van der Waals surface area contributed by atoms with Crippen LogP contribution in [0.2, 0.25) is 0 Å². The number of hydrogen-bond donors (Lipinski definition) is 1. The largest absolute Gasteiger partial charge is 0.369 e. The molecule has 0 saturated heterocycles. The van der Waals surface area contributed by atoms with Gasteiger partial charge in [-0.3, -0.25) is 4.79 Å². The molecular weight excluding hydrogens is 221 g/mol. The van der Waals surface area contributed by atoms with E-state index in [-0.39, 0.29) is 30.5 Å². The molecule has 0 aliphatic rings. The monoisotopic (exact) mass is 239 g/mol. The van der Waals surface area contributed by atoms with Gasteiger partial charge in [-0.2, -0.15) is 0 Å². The number of carbonyl (C=O) groups excluding carboxylic acids is 1. The summed E-state index contributed by atoms with van der Waals surface area (Å²) in [5.41, 5.74) is 0.865. The van der Waals surface area contributed by atoms with Gasteiger partial charge in [0.05, 0.1) is 12.1 Å². The van der Waals surface area contributed by atoms with Gasteiger partial charge in [0.25, 0.3) is 0 Å². The molecular formula is C13H18FNO2. The lowest BCUT2D eigenvalue weighted by Gasteiger charge is -2.15. The van der Waals surface area contributed by atoms with Crippen LogP contribution in [0.4, 0.5) is 4.39 Å².